The standard InChI is InChI=1S/C14H16N4O4/c19-12(15-10-5-3-4-9(10)13(20)21)8-18-14(22)17-7-2-1-6-11(17)16-18/h1-2,6-7,9-10H,3-5,8H2,(H,15,19)(H,20,21)/t9-,10+/m1/s1. The number of aliphatic carboxylic acids is 1. The van der Waals surface area contributed by atoms with E-state index >= 15 is 0 Å². The van der Waals surface area contributed by atoms with Crippen LogP contribution in [-0.2, 0) is 16.1 Å². The molecule has 8 nitrogen and oxygen atoms in total. The van der Waals surface area contributed by atoms with Gasteiger partial charge in [0.15, 0.2) is 5.65 Å². The van der Waals surface area contributed by atoms with Gasteiger partial charge in [0, 0.05) is 12.2 Å². The normalized spacial score (nSPS) is 21.1. The lowest BCUT2D eigenvalue weighted by molar-refractivity contribution is -0.142. The second-order valence-electron chi connectivity index (χ2n) is 5.42. The van der Waals surface area contributed by atoms with Crippen molar-refractivity contribution in [2.45, 2.75) is 31.8 Å². The number of amides is 1. The number of aromatic nitrogens is 3. The molecule has 0 aromatic carbocycles. The van der Waals surface area contributed by atoms with E-state index in [4.69, 9.17) is 5.11 Å². The quantitative estimate of drug-likeness (QED) is 0.818. The third-order valence-corrected chi connectivity index (χ3v) is 3.96. The van der Waals surface area contributed by atoms with Crippen LogP contribution < -0.4 is 11.0 Å². The number of nitrogens with one attached hydrogen (secondary N) is 1. The highest BCUT2D eigenvalue weighted by Crippen LogP contribution is 2.25. The van der Waals surface area contributed by atoms with E-state index in [9.17, 15) is 14.4 Å². The van der Waals surface area contributed by atoms with Crippen molar-refractivity contribution < 1.29 is 14.7 Å². The van der Waals surface area contributed by atoms with Crippen molar-refractivity contribution in [3.8, 4) is 0 Å². The molecule has 1 saturated carbocycles. The number of fused-ring (bicyclic) bond motifs is 1. The molecule has 0 unspecified atom stereocenters. The largest absolute Gasteiger partial charge is 0.481 e. The summed E-state index contributed by atoms with van der Waals surface area (Å²) in [7, 11) is 0. The molecule has 116 valence electrons. The molecular formula is C14H16N4O4. The Bertz CT molecular complexity index is 778. The Morgan fingerprint density at radius 1 is 1.36 bits per heavy atom. The summed E-state index contributed by atoms with van der Waals surface area (Å²) in [5, 5.41) is 15.9. The highest BCUT2D eigenvalue weighted by molar-refractivity contribution is 5.78. The number of carbonyl (C=O) groups excluding carboxylic acids is 1. The Kier molecular flexibility index (Phi) is 3.66. The first-order valence-corrected chi connectivity index (χ1v) is 7.12. The summed E-state index contributed by atoms with van der Waals surface area (Å²) in [5.74, 6) is -1.85. The highest BCUT2D eigenvalue weighted by Gasteiger charge is 2.33. The maximum absolute atomic E-state index is 12.1. The highest BCUT2D eigenvalue weighted by atomic mass is 16.4. The maximum Gasteiger partial charge on any atom is 0.350 e. The van der Waals surface area contributed by atoms with Crippen molar-refractivity contribution in [3.05, 3.63) is 34.9 Å². The minimum Gasteiger partial charge on any atom is -0.481 e. The van der Waals surface area contributed by atoms with E-state index in [1.807, 2.05) is 0 Å². The first-order valence-electron chi connectivity index (χ1n) is 7.12. The van der Waals surface area contributed by atoms with Crippen LogP contribution in [0.2, 0.25) is 0 Å². The number of hydrogen-bond acceptors (Lipinski definition) is 4. The lowest BCUT2D eigenvalue weighted by Crippen LogP contribution is -2.42. The zero-order chi connectivity index (χ0) is 15.7. The van der Waals surface area contributed by atoms with Crippen LogP contribution in [0.3, 0.4) is 0 Å². The van der Waals surface area contributed by atoms with Crippen molar-refractivity contribution in [1.29, 1.82) is 0 Å². The van der Waals surface area contributed by atoms with Gasteiger partial charge in [0.05, 0.1) is 5.92 Å². The van der Waals surface area contributed by atoms with Gasteiger partial charge < -0.3 is 10.4 Å². The van der Waals surface area contributed by atoms with Gasteiger partial charge in [-0.05, 0) is 25.0 Å². The fraction of sp³-hybridized carbons (Fsp3) is 0.429. The van der Waals surface area contributed by atoms with Crippen LogP contribution in [0, 0.1) is 5.92 Å². The molecule has 2 N–H and O–H groups in total. The molecule has 0 spiro atoms. The zero-order valence-electron chi connectivity index (χ0n) is 11.8. The number of nitrogens with zero attached hydrogens (tertiary/aromatic N) is 3. The lowest BCUT2D eigenvalue weighted by Gasteiger charge is -2.17. The second kappa shape index (κ2) is 5.63. The van der Waals surface area contributed by atoms with Crippen LogP contribution in [0.5, 0.6) is 0 Å². The van der Waals surface area contributed by atoms with E-state index in [-0.39, 0.29) is 12.6 Å². The first-order chi connectivity index (χ1) is 10.6. The van der Waals surface area contributed by atoms with E-state index in [0.29, 0.717) is 18.5 Å². The Morgan fingerprint density at radius 2 is 2.18 bits per heavy atom. The first kappa shape index (κ1) is 14.3. The minimum absolute atomic E-state index is 0.219. The number of pyridine rings is 1. The molecule has 2 heterocycles. The number of hydrogen-bond donors (Lipinski definition) is 2. The average Bonchev–Trinajstić information content (AvgIpc) is 3.05. The van der Waals surface area contributed by atoms with Crippen LogP contribution in [0.4, 0.5) is 0 Å². The fourth-order valence-electron chi connectivity index (χ4n) is 2.89. The summed E-state index contributed by atoms with van der Waals surface area (Å²) in [6.45, 7) is -0.219. The van der Waals surface area contributed by atoms with Gasteiger partial charge in [-0.15, -0.1) is 5.10 Å². The topological polar surface area (TPSA) is 106 Å². The van der Waals surface area contributed by atoms with Crippen molar-refractivity contribution in [2.24, 2.45) is 5.92 Å². The average molecular weight is 304 g/mol. The molecule has 1 amide bonds. The van der Waals surface area contributed by atoms with Crippen molar-refractivity contribution >= 4 is 17.5 Å². The van der Waals surface area contributed by atoms with E-state index in [1.165, 1.54) is 4.40 Å². The summed E-state index contributed by atoms with van der Waals surface area (Å²) in [5.41, 5.74) is 0.0662. The van der Waals surface area contributed by atoms with E-state index in [0.717, 1.165) is 11.1 Å². The van der Waals surface area contributed by atoms with E-state index < -0.39 is 23.5 Å². The van der Waals surface area contributed by atoms with Crippen LogP contribution in [0.1, 0.15) is 19.3 Å². The van der Waals surface area contributed by atoms with Crippen LogP contribution in [0.25, 0.3) is 5.65 Å². The zero-order valence-corrected chi connectivity index (χ0v) is 11.8. The molecule has 3 rings (SSSR count). The van der Waals surface area contributed by atoms with Gasteiger partial charge >= 0.3 is 11.7 Å². The van der Waals surface area contributed by atoms with Gasteiger partial charge in [-0.3, -0.25) is 14.0 Å². The minimum atomic E-state index is -0.896. The van der Waals surface area contributed by atoms with Crippen LogP contribution in [0.15, 0.2) is 29.2 Å². The summed E-state index contributed by atoms with van der Waals surface area (Å²) >= 11 is 0. The molecule has 2 aromatic rings. The Labute approximate surface area is 125 Å². The molecule has 1 aliphatic carbocycles. The molecule has 0 bridgehead atoms. The van der Waals surface area contributed by atoms with Crippen LogP contribution >= 0.6 is 0 Å². The number of carboxylic acid groups (broad SMARTS) is 1. The summed E-state index contributed by atoms with van der Waals surface area (Å²) in [4.78, 5) is 35.2. The monoisotopic (exact) mass is 304 g/mol. The molecule has 2 aromatic heterocycles. The van der Waals surface area contributed by atoms with Gasteiger partial charge in [-0.1, -0.05) is 12.5 Å². The number of carboxylic acids is 1. The predicted molar refractivity (Wildman–Crippen MR) is 76.4 cm³/mol. The lowest BCUT2D eigenvalue weighted by atomic mass is 10.0. The molecule has 0 saturated heterocycles. The third-order valence-electron chi connectivity index (χ3n) is 3.96. The molecule has 0 radical (unpaired) electrons. The SMILES string of the molecule is O=C(Cn1nc2ccccn2c1=O)N[C@H]1CCC[C@H]1C(=O)O. The molecule has 1 fully saturated rings. The van der Waals surface area contributed by atoms with Crippen LogP contribution in [-0.4, -0.2) is 37.2 Å². The molecular weight excluding hydrogens is 288 g/mol. The molecule has 22 heavy (non-hydrogen) atoms. The predicted octanol–water partition coefficient (Wildman–Crippen LogP) is -0.135. The van der Waals surface area contributed by atoms with Gasteiger partial charge in [-0.25, -0.2) is 9.48 Å². The van der Waals surface area contributed by atoms with Crippen molar-refractivity contribution in [2.75, 3.05) is 0 Å². The molecule has 8 heteroatoms. The summed E-state index contributed by atoms with van der Waals surface area (Å²) in [6, 6.07) is 4.75. The van der Waals surface area contributed by atoms with E-state index in [2.05, 4.69) is 10.4 Å². The molecule has 2 atom stereocenters. The number of carbonyl (C=O) groups is 2. The van der Waals surface area contributed by atoms with Gasteiger partial charge in [0.2, 0.25) is 5.91 Å². The van der Waals surface area contributed by atoms with E-state index in [1.54, 1.807) is 24.4 Å². The van der Waals surface area contributed by atoms with Gasteiger partial charge in [0.25, 0.3) is 0 Å². The fourth-order valence-corrected chi connectivity index (χ4v) is 2.89. The van der Waals surface area contributed by atoms with Gasteiger partial charge in [-0.2, -0.15) is 0 Å². The Hall–Kier alpha value is -2.64. The smallest absolute Gasteiger partial charge is 0.350 e. The second-order valence-corrected chi connectivity index (χ2v) is 5.42. The number of rotatable bonds is 4. The third kappa shape index (κ3) is 2.59. The molecule has 0 aliphatic heterocycles. The maximum atomic E-state index is 12.1. The van der Waals surface area contributed by atoms with Crippen molar-refractivity contribution in [1.82, 2.24) is 19.5 Å². The summed E-state index contributed by atoms with van der Waals surface area (Å²) in [6.07, 6.45) is 3.56. The van der Waals surface area contributed by atoms with Gasteiger partial charge in [0.1, 0.15) is 6.54 Å². The summed E-state index contributed by atoms with van der Waals surface area (Å²) < 4.78 is 2.43. The van der Waals surface area contributed by atoms with Crippen molar-refractivity contribution in [3.63, 3.8) is 0 Å². The Morgan fingerprint density at radius 3 is 2.91 bits per heavy atom. The Balaban J connectivity index is 1.72. The molecule has 1 aliphatic rings.